The first kappa shape index (κ1) is 23.1. The number of carbonyl (C=O) groups is 2. The van der Waals surface area contributed by atoms with Crippen LogP contribution in [0, 0.1) is 10.1 Å². The van der Waals surface area contributed by atoms with Gasteiger partial charge < -0.3 is 20.5 Å². The minimum absolute atomic E-state index is 0.0513. The van der Waals surface area contributed by atoms with Crippen molar-refractivity contribution in [3.63, 3.8) is 0 Å². The summed E-state index contributed by atoms with van der Waals surface area (Å²) < 4.78 is 0. The molecule has 2 aromatic carbocycles. The van der Waals surface area contributed by atoms with Gasteiger partial charge in [-0.25, -0.2) is 4.79 Å². The fourth-order valence-electron chi connectivity index (χ4n) is 2.82. The zero-order chi connectivity index (χ0) is 23.7. The number of aliphatic hydroxyl groups is 1. The number of aromatic nitrogens is 1. The van der Waals surface area contributed by atoms with Gasteiger partial charge in [0.2, 0.25) is 5.43 Å². The lowest BCUT2D eigenvalue weighted by Crippen LogP contribution is -2.17. The van der Waals surface area contributed by atoms with Crippen LogP contribution in [0.4, 0.5) is 17.2 Å². The van der Waals surface area contributed by atoms with Crippen LogP contribution in [0.15, 0.2) is 41.2 Å². The smallest absolute Gasteiger partial charge is 0.376 e. The van der Waals surface area contributed by atoms with Crippen molar-refractivity contribution in [3.8, 4) is 0 Å². The highest BCUT2D eigenvalue weighted by Gasteiger charge is 2.25. The summed E-state index contributed by atoms with van der Waals surface area (Å²) in [4.78, 5) is 48.9. The Morgan fingerprint density at radius 2 is 1.78 bits per heavy atom. The first-order valence-corrected chi connectivity index (χ1v) is 9.58. The molecular formula is C19H10Cl3N3O7. The van der Waals surface area contributed by atoms with E-state index in [1.807, 2.05) is 0 Å². The second-order valence-electron chi connectivity index (χ2n) is 6.23. The number of carboxylic acids is 1. The number of benzene rings is 2. The van der Waals surface area contributed by atoms with Crippen LogP contribution in [0.5, 0.6) is 0 Å². The quantitative estimate of drug-likeness (QED) is 0.125. The van der Waals surface area contributed by atoms with Crippen molar-refractivity contribution in [1.82, 2.24) is 4.98 Å². The monoisotopic (exact) mass is 497 g/mol. The number of anilines is 2. The molecule has 0 aliphatic carbocycles. The fraction of sp³-hybridized carbons (Fsp3) is 0. The van der Waals surface area contributed by atoms with Crippen LogP contribution in [0.3, 0.4) is 0 Å². The molecule has 13 heteroatoms. The number of aliphatic hydroxyl groups excluding tert-OH is 1. The number of carbonyl (C=O) groups excluding carboxylic acids is 1. The standard InChI is InChI=1S/C19H10Cl3N3O7/c20-7-1-3-10(9(22)5-7)23-18-15(12(26)6-13(27)19(29)30)17(28)14-11(25(31)32)4-2-8(21)16(14)24-18/h1-6,26H,(H,29,30)(H2,23,24,28). The van der Waals surface area contributed by atoms with Gasteiger partial charge in [0.05, 0.1) is 26.2 Å². The molecule has 0 bridgehead atoms. The van der Waals surface area contributed by atoms with Gasteiger partial charge in [-0.05, 0) is 24.3 Å². The number of ketones is 1. The van der Waals surface area contributed by atoms with Crippen LogP contribution in [0.25, 0.3) is 16.7 Å². The largest absolute Gasteiger partial charge is 0.507 e. The van der Waals surface area contributed by atoms with Crippen molar-refractivity contribution in [3.05, 3.63) is 77.4 Å². The van der Waals surface area contributed by atoms with Crippen molar-refractivity contribution in [2.24, 2.45) is 0 Å². The van der Waals surface area contributed by atoms with Crippen LogP contribution in [-0.4, -0.2) is 31.9 Å². The Kier molecular flexibility index (Phi) is 6.40. The molecule has 4 N–H and O–H groups in total. The number of aromatic amines is 1. The highest BCUT2D eigenvalue weighted by molar-refractivity contribution is 6.39. The van der Waals surface area contributed by atoms with E-state index < -0.39 is 44.5 Å². The van der Waals surface area contributed by atoms with E-state index >= 15 is 0 Å². The van der Waals surface area contributed by atoms with Crippen molar-refractivity contribution < 1.29 is 24.7 Å². The van der Waals surface area contributed by atoms with Crippen LogP contribution >= 0.6 is 34.8 Å². The maximum Gasteiger partial charge on any atom is 0.376 e. The van der Waals surface area contributed by atoms with E-state index in [1.54, 1.807) is 0 Å². The van der Waals surface area contributed by atoms with E-state index in [-0.39, 0.29) is 27.1 Å². The Balaban J connectivity index is 2.39. The highest BCUT2D eigenvalue weighted by Crippen LogP contribution is 2.34. The van der Waals surface area contributed by atoms with Gasteiger partial charge in [0, 0.05) is 17.2 Å². The average Bonchev–Trinajstić information content (AvgIpc) is 2.70. The van der Waals surface area contributed by atoms with Crippen molar-refractivity contribution in [2.45, 2.75) is 0 Å². The third kappa shape index (κ3) is 4.37. The lowest BCUT2D eigenvalue weighted by atomic mass is 10.1. The molecular weight excluding hydrogens is 489 g/mol. The molecule has 0 radical (unpaired) electrons. The second-order valence-corrected chi connectivity index (χ2v) is 7.48. The van der Waals surface area contributed by atoms with Gasteiger partial charge in [-0.2, -0.15) is 0 Å². The maximum absolute atomic E-state index is 13.2. The molecule has 1 aromatic heterocycles. The van der Waals surface area contributed by atoms with Gasteiger partial charge in [0.25, 0.3) is 11.5 Å². The second kappa shape index (κ2) is 8.87. The Labute approximate surface area is 192 Å². The molecule has 0 spiro atoms. The highest BCUT2D eigenvalue weighted by atomic mass is 35.5. The Morgan fingerprint density at radius 3 is 2.38 bits per heavy atom. The number of fused-ring (bicyclic) bond motifs is 1. The molecule has 0 aliphatic heterocycles. The summed E-state index contributed by atoms with van der Waals surface area (Å²) in [6, 6.07) is 6.48. The molecule has 0 saturated heterocycles. The Hall–Kier alpha value is -3.60. The van der Waals surface area contributed by atoms with Crippen LogP contribution < -0.4 is 10.7 Å². The molecule has 32 heavy (non-hydrogen) atoms. The number of nitro groups is 1. The van der Waals surface area contributed by atoms with E-state index in [4.69, 9.17) is 39.9 Å². The van der Waals surface area contributed by atoms with Crippen LogP contribution in [0.1, 0.15) is 5.56 Å². The summed E-state index contributed by atoms with van der Waals surface area (Å²) in [7, 11) is 0. The first-order chi connectivity index (χ1) is 15.0. The summed E-state index contributed by atoms with van der Waals surface area (Å²) in [6.07, 6.45) is 0.295. The normalized spacial score (nSPS) is 11.4. The van der Waals surface area contributed by atoms with E-state index in [9.17, 15) is 29.6 Å². The topological polar surface area (TPSA) is 163 Å². The predicted molar refractivity (Wildman–Crippen MR) is 119 cm³/mol. The third-order valence-electron chi connectivity index (χ3n) is 4.21. The third-order valence-corrected chi connectivity index (χ3v) is 5.07. The zero-order valence-corrected chi connectivity index (χ0v) is 17.7. The molecule has 0 unspecified atom stereocenters. The number of rotatable bonds is 6. The van der Waals surface area contributed by atoms with Gasteiger partial charge in [0.1, 0.15) is 22.5 Å². The molecule has 0 fully saturated rings. The van der Waals surface area contributed by atoms with E-state index in [2.05, 4.69) is 10.3 Å². The van der Waals surface area contributed by atoms with Gasteiger partial charge in [-0.3, -0.25) is 19.7 Å². The summed E-state index contributed by atoms with van der Waals surface area (Å²) in [5.74, 6) is -4.74. The number of non-ortho nitro benzene ring substituents is 1. The number of H-pyrrole nitrogens is 1. The molecule has 3 rings (SSSR count). The summed E-state index contributed by atoms with van der Waals surface area (Å²) in [5.41, 5.74) is -2.30. The lowest BCUT2D eigenvalue weighted by molar-refractivity contribution is -0.383. The number of pyridine rings is 1. The minimum Gasteiger partial charge on any atom is -0.507 e. The fourth-order valence-corrected chi connectivity index (χ4v) is 3.48. The van der Waals surface area contributed by atoms with Gasteiger partial charge in [-0.1, -0.05) is 34.8 Å². The molecule has 0 amide bonds. The summed E-state index contributed by atoms with van der Waals surface area (Å²) in [6.45, 7) is 0. The molecule has 164 valence electrons. The van der Waals surface area contributed by atoms with E-state index in [0.717, 1.165) is 6.07 Å². The van der Waals surface area contributed by atoms with Crippen molar-refractivity contribution in [1.29, 1.82) is 0 Å². The average molecular weight is 499 g/mol. The predicted octanol–water partition coefficient (Wildman–Crippen LogP) is 4.69. The molecule has 3 aromatic rings. The number of carboxylic acid groups (broad SMARTS) is 1. The number of hydrogen-bond donors (Lipinski definition) is 4. The van der Waals surface area contributed by atoms with Crippen LogP contribution in [-0.2, 0) is 9.59 Å². The van der Waals surface area contributed by atoms with E-state index in [1.165, 1.54) is 24.3 Å². The van der Waals surface area contributed by atoms with Gasteiger partial charge >= 0.3 is 5.97 Å². The number of hydrogen-bond acceptors (Lipinski definition) is 7. The van der Waals surface area contributed by atoms with Crippen molar-refractivity contribution in [2.75, 3.05) is 5.32 Å². The number of nitro benzene ring substituents is 1. The Morgan fingerprint density at radius 1 is 1.09 bits per heavy atom. The molecule has 0 aliphatic rings. The number of nitrogens with zero attached hydrogens (tertiary/aromatic N) is 1. The molecule has 1 heterocycles. The molecule has 0 saturated carbocycles. The van der Waals surface area contributed by atoms with Crippen LogP contribution in [0.2, 0.25) is 15.1 Å². The Bertz CT molecular complexity index is 1400. The molecule has 10 nitrogen and oxygen atoms in total. The number of halogens is 3. The molecule has 0 atom stereocenters. The van der Waals surface area contributed by atoms with Gasteiger partial charge in [-0.15, -0.1) is 0 Å². The number of aliphatic carboxylic acids is 1. The summed E-state index contributed by atoms with van der Waals surface area (Å²) >= 11 is 18.1. The zero-order valence-electron chi connectivity index (χ0n) is 15.5. The minimum atomic E-state index is -1.89. The van der Waals surface area contributed by atoms with Gasteiger partial charge in [0.15, 0.2) is 0 Å². The first-order valence-electron chi connectivity index (χ1n) is 8.44. The number of nitrogens with one attached hydrogen (secondary N) is 2. The lowest BCUT2D eigenvalue weighted by Gasteiger charge is -2.15. The SMILES string of the molecule is O=C(O)C(=O)C=C(O)c1c(Nc2ccc(Cl)cc2Cl)[nH]c2c(Cl)ccc([N+](=O)[O-])c2c1=O. The summed E-state index contributed by atoms with van der Waals surface area (Å²) in [5, 5.41) is 33.2. The maximum atomic E-state index is 13.2. The van der Waals surface area contributed by atoms with Crippen molar-refractivity contribution >= 4 is 80.4 Å². The van der Waals surface area contributed by atoms with E-state index in [0.29, 0.717) is 11.1 Å².